The second-order valence-corrected chi connectivity index (χ2v) is 6.80. The first kappa shape index (κ1) is 26.5. The predicted molar refractivity (Wildman–Crippen MR) is 112 cm³/mol. The molecule has 1 aliphatic heterocycles. The van der Waals surface area contributed by atoms with Crippen molar-refractivity contribution in [1.29, 1.82) is 0 Å². The van der Waals surface area contributed by atoms with Crippen LogP contribution in [0.2, 0.25) is 0 Å². The van der Waals surface area contributed by atoms with E-state index >= 15 is 0 Å². The fourth-order valence-electron chi connectivity index (χ4n) is 2.13. The smallest absolute Gasteiger partial charge is 0.0714 e. The van der Waals surface area contributed by atoms with E-state index in [-0.39, 0.29) is 0 Å². The van der Waals surface area contributed by atoms with Gasteiger partial charge in [-0.25, -0.2) is 0 Å². The van der Waals surface area contributed by atoms with Gasteiger partial charge in [0.05, 0.1) is 5.60 Å². The van der Waals surface area contributed by atoms with E-state index in [4.69, 9.17) is 22.1 Å². The van der Waals surface area contributed by atoms with Crippen LogP contribution in [0.1, 0.15) is 73.6 Å². The van der Waals surface area contributed by atoms with Crippen LogP contribution in [0.15, 0.2) is 35.0 Å². The normalized spacial score (nSPS) is 17.2. The summed E-state index contributed by atoms with van der Waals surface area (Å²) < 4.78 is 5.16. The van der Waals surface area contributed by atoms with E-state index in [1.54, 1.807) is 0 Å². The Kier molecular flexibility index (Phi) is 16.4. The summed E-state index contributed by atoms with van der Waals surface area (Å²) in [5.74, 6) is 0.358. The van der Waals surface area contributed by atoms with Crippen molar-refractivity contribution in [2.75, 3.05) is 13.2 Å². The van der Waals surface area contributed by atoms with Crippen molar-refractivity contribution < 1.29 is 9.84 Å². The van der Waals surface area contributed by atoms with Crippen LogP contribution in [-0.4, -0.2) is 23.9 Å². The molecule has 1 heterocycles. The molecule has 1 fully saturated rings. The summed E-state index contributed by atoms with van der Waals surface area (Å²) in [7, 11) is 0. The summed E-state index contributed by atoms with van der Waals surface area (Å²) in [6, 6.07) is 0. The largest absolute Gasteiger partial charge is 0.399 e. The summed E-state index contributed by atoms with van der Waals surface area (Å²) in [5, 5.41) is 10.7. The van der Waals surface area contributed by atoms with Gasteiger partial charge in [-0.05, 0) is 49.3 Å². The van der Waals surface area contributed by atoms with E-state index in [0.717, 1.165) is 48.4 Å². The molecule has 0 saturated carbocycles. The van der Waals surface area contributed by atoms with E-state index in [0.29, 0.717) is 19.1 Å². The third-order valence-electron chi connectivity index (χ3n) is 4.20. The lowest BCUT2D eigenvalue weighted by atomic mass is 9.83. The molecular weight excluding hydrogens is 334 g/mol. The second kappa shape index (κ2) is 15.5. The van der Waals surface area contributed by atoms with Crippen LogP contribution in [-0.2, 0) is 4.74 Å². The maximum atomic E-state index is 9.87. The number of halogens is 1. The average molecular weight is 374 g/mol. The number of ether oxygens (including phenoxy) is 1. The van der Waals surface area contributed by atoms with Crippen LogP contribution in [0.5, 0.6) is 0 Å². The number of nitrogens with two attached hydrogens (primary N) is 1. The maximum absolute atomic E-state index is 9.87. The Morgan fingerprint density at radius 3 is 2.12 bits per heavy atom. The minimum absolute atomic E-state index is 0.358. The number of aliphatic hydroxyl groups is 1. The van der Waals surface area contributed by atoms with Crippen molar-refractivity contribution in [1.82, 2.24) is 0 Å². The van der Waals surface area contributed by atoms with Gasteiger partial charge in [-0.3, -0.25) is 0 Å². The van der Waals surface area contributed by atoms with Crippen molar-refractivity contribution in [3.63, 3.8) is 0 Å². The average Bonchev–Trinajstić information content (AvgIpc) is 2.62. The number of rotatable bonds is 6. The van der Waals surface area contributed by atoms with Gasteiger partial charge in [-0.15, -0.1) is 0 Å². The second-order valence-electron chi connectivity index (χ2n) is 6.31. The van der Waals surface area contributed by atoms with Crippen molar-refractivity contribution >= 4 is 11.6 Å². The molecule has 0 aromatic rings. The molecule has 0 unspecified atom stereocenters. The molecule has 3 N–H and O–H groups in total. The fourth-order valence-corrected chi connectivity index (χ4v) is 2.38. The molecule has 0 atom stereocenters. The lowest BCUT2D eigenvalue weighted by molar-refractivity contribution is -0.0907. The van der Waals surface area contributed by atoms with Crippen LogP contribution in [0.25, 0.3) is 0 Å². The lowest BCUT2D eigenvalue weighted by Crippen LogP contribution is -2.40. The van der Waals surface area contributed by atoms with Gasteiger partial charge in [0.15, 0.2) is 0 Å². The van der Waals surface area contributed by atoms with Crippen molar-refractivity contribution in [2.24, 2.45) is 11.7 Å². The number of hydrogen-bond acceptors (Lipinski definition) is 3. The minimum Gasteiger partial charge on any atom is -0.399 e. The molecule has 148 valence electrons. The highest BCUT2D eigenvalue weighted by Gasteiger charge is 2.32. The fraction of sp³-hybridized carbons (Fsp3) is 0.714. The van der Waals surface area contributed by atoms with Gasteiger partial charge in [-0.2, -0.15) is 0 Å². The number of hydrogen-bond donors (Lipinski definition) is 2. The first-order valence-electron chi connectivity index (χ1n) is 9.56. The highest BCUT2D eigenvalue weighted by molar-refractivity contribution is 6.29. The highest BCUT2D eigenvalue weighted by Crippen LogP contribution is 2.27. The summed E-state index contributed by atoms with van der Waals surface area (Å²) in [4.78, 5) is 0. The molecule has 1 saturated heterocycles. The van der Waals surface area contributed by atoms with Gasteiger partial charge in [0.2, 0.25) is 0 Å². The Morgan fingerprint density at radius 2 is 1.76 bits per heavy atom. The van der Waals surface area contributed by atoms with Gasteiger partial charge in [0.25, 0.3) is 0 Å². The van der Waals surface area contributed by atoms with Crippen molar-refractivity contribution in [3.05, 3.63) is 35.0 Å². The molecule has 0 amide bonds. The molecule has 25 heavy (non-hydrogen) atoms. The summed E-state index contributed by atoms with van der Waals surface area (Å²) >= 11 is 5.90. The van der Waals surface area contributed by atoms with Gasteiger partial charge in [0.1, 0.15) is 0 Å². The molecule has 0 bridgehead atoms. The molecular formula is C21H40ClNO2. The van der Waals surface area contributed by atoms with Crippen LogP contribution in [0.3, 0.4) is 0 Å². The van der Waals surface area contributed by atoms with Crippen molar-refractivity contribution in [2.45, 2.75) is 79.2 Å². The predicted octanol–water partition coefficient (Wildman–Crippen LogP) is 5.93. The highest BCUT2D eigenvalue weighted by atomic mass is 35.5. The Hall–Kier alpha value is -0.770. The van der Waals surface area contributed by atoms with Crippen LogP contribution < -0.4 is 5.73 Å². The third kappa shape index (κ3) is 12.3. The zero-order valence-electron chi connectivity index (χ0n) is 17.2. The minimum atomic E-state index is -0.446. The molecule has 0 aromatic carbocycles. The van der Waals surface area contributed by atoms with Gasteiger partial charge in [0, 0.05) is 23.9 Å². The first-order chi connectivity index (χ1) is 11.8. The van der Waals surface area contributed by atoms with E-state index < -0.39 is 5.60 Å². The van der Waals surface area contributed by atoms with Crippen LogP contribution in [0, 0.1) is 5.92 Å². The standard InChI is InChI=1S/C11H18ClN.C8H16O2.C2H6/c1-4-6-10(12)7-8-11(13)9(3)5-2;1-7(2)8(9)3-5-10-6-4-8;1-2/h7-8H,3-6,13H2,1-2H3;7,9H,3-6H2,1-2H3;1-2H3/b10-7+,11-8+;;. The van der Waals surface area contributed by atoms with Gasteiger partial charge >= 0.3 is 0 Å². The summed E-state index contributed by atoms with van der Waals surface area (Å²) in [6.45, 7) is 17.5. The van der Waals surface area contributed by atoms with E-state index in [2.05, 4.69) is 27.4 Å². The van der Waals surface area contributed by atoms with E-state index in [9.17, 15) is 5.11 Å². The maximum Gasteiger partial charge on any atom is 0.0714 e. The molecule has 3 nitrogen and oxygen atoms in total. The quantitative estimate of drug-likeness (QED) is 0.567. The molecule has 1 rings (SSSR count). The zero-order valence-corrected chi connectivity index (χ0v) is 18.0. The molecule has 1 aliphatic rings. The van der Waals surface area contributed by atoms with E-state index in [1.807, 2.05) is 32.9 Å². The Labute approximate surface area is 161 Å². The van der Waals surface area contributed by atoms with Crippen LogP contribution in [0.4, 0.5) is 0 Å². The SMILES string of the molecule is C=C(CC)/C(N)=C\C=C(\Cl)CCC.CC.CC(C)C1(O)CCOCC1. The molecule has 0 aliphatic carbocycles. The van der Waals surface area contributed by atoms with Gasteiger partial charge < -0.3 is 15.6 Å². The third-order valence-corrected chi connectivity index (χ3v) is 4.52. The summed E-state index contributed by atoms with van der Waals surface area (Å²) in [5.41, 5.74) is 6.96. The molecule has 0 aromatic heterocycles. The monoisotopic (exact) mass is 373 g/mol. The first-order valence-corrected chi connectivity index (χ1v) is 9.94. The number of allylic oxidation sites excluding steroid dienone is 4. The molecule has 0 spiro atoms. The molecule has 4 heteroatoms. The lowest BCUT2D eigenvalue weighted by Gasteiger charge is -2.35. The van der Waals surface area contributed by atoms with E-state index in [1.165, 1.54) is 0 Å². The van der Waals surface area contributed by atoms with Gasteiger partial charge in [-0.1, -0.05) is 66.1 Å². The Morgan fingerprint density at radius 1 is 1.24 bits per heavy atom. The van der Waals surface area contributed by atoms with Crippen LogP contribution >= 0.6 is 11.6 Å². The molecule has 0 radical (unpaired) electrons. The summed E-state index contributed by atoms with van der Waals surface area (Å²) in [6.07, 6.45) is 8.10. The topological polar surface area (TPSA) is 55.5 Å². The Balaban J connectivity index is 0. The zero-order chi connectivity index (χ0) is 19.9. The van der Waals surface area contributed by atoms with Crippen molar-refractivity contribution in [3.8, 4) is 0 Å². The Bertz CT molecular complexity index is 408.